The van der Waals surface area contributed by atoms with Crippen molar-refractivity contribution < 1.29 is 14.3 Å². The molecule has 0 bridgehead atoms. The van der Waals surface area contributed by atoms with Gasteiger partial charge in [-0.1, -0.05) is 30.3 Å². The maximum atomic E-state index is 11.3. The minimum Gasteiger partial charge on any atom is -0.466 e. The van der Waals surface area contributed by atoms with Crippen LogP contribution in [0.2, 0.25) is 0 Å². The van der Waals surface area contributed by atoms with E-state index in [1.807, 2.05) is 30.3 Å². The number of hydrogen-bond acceptors (Lipinski definition) is 3. The van der Waals surface area contributed by atoms with E-state index >= 15 is 0 Å². The van der Waals surface area contributed by atoms with E-state index in [2.05, 4.69) is 0 Å². The number of esters is 1. The highest BCUT2D eigenvalue weighted by Gasteiger charge is 2.15. The van der Waals surface area contributed by atoms with E-state index in [1.54, 1.807) is 14.0 Å². The second-order valence-electron chi connectivity index (χ2n) is 3.14. The highest BCUT2D eigenvalue weighted by Crippen LogP contribution is 2.20. The number of hydrogen-bond donors (Lipinski definition) is 0. The first-order valence-corrected chi connectivity index (χ1v) is 5.01. The van der Waals surface area contributed by atoms with Crippen molar-refractivity contribution in [1.29, 1.82) is 0 Å². The van der Waals surface area contributed by atoms with Crippen molar-refractivity contribution in [2.45, 2.75) is 19.4 Å². The molecule has 3 heteroatoms. The van der Waals surface area contributed by atoms with Gasteiger partial charge in [-0.25, -0.2) is 0 Å². The fourth-order valence-corrected chi connectivity index (χ4v) is 1.38. The van der Waals surface area contributed by atoms with Crippen molar-refractivity contribution in [3.05, 3.63) is 35.9 Å². The van der Waals surface area contributed by atoms with Crippen LogP contribution < -0.4 is 0 Å². The maximum Gasteiger partial charge on any atom is 0.308 e. The molecule has 0 amide bonds. The number of benzene rings is 1. The van der Waals surface area contributed by atoms with Gasteiger partial charge < -0.3 is 9.47 Å². The number of rotatable bonds is 5. The summed E-state index contributed by atoms with van der Waals surface area (Å²) >= 11 is 0. The largest absolute Gasteiger partial charge is 0.466 e. The van der Waals surface area contributed by atoms with E-state index in [1.165, 1.54) is 0 Å². The molecule has 1 atom stereocenters. The van der Waals surface area contributed by atoms with Crippen molar-refractivity contribution in [2.75, 3.05) is 13.7 Å². The SMILES string of the molecule is CCOC(=O)CC(OC)c1ccccc1. The summed E-state index contributed by atoms with van der Waals surface area (Å²) in [6.07, 6.45) is 0.0409. The van der Waals surface area contributed by atoms with Crippen LogP contribution in [0.4, 0.5) is 0 Å². The van der Waals surface area contributed by atoms with E-state index in [0.717, 1.165) is 5.56 Å². The second kappa shape index (κ2) is 6.19. The molecule has 1 rings (SSSR count). The molecule has 0 N–H and O–H groups in total. The smallest absolute Gasteiger partial charge is 0.308 e. The molecule has 3 nitrogen and oxygen atoms in total. The van der Waals surface area contributed by atoms with E-state index in [0.29, 0.717) is 6.61 Å². The molecule has 1 aromatic carbocycles. The Morgan fingerprint density at radius 1 is 1.33 bits per heavy atom. The lowest BCUT2D eigenvalue weighted by Gasteiger charge is -2.14. The normalized spacial score (nSPS) is 12.1. The van der Waals surface area contributed by atoms with Gasteiger partial charge in [0.05, 0.1) is 19.1 Å². The fraction of sp³-hybridized carbons (Fsp3) is 0.417. The molecule has 0 radical (unpaired) electrons. The zero-order chi connectivity index (χ0) is 11.1. The van der Waals surface area contributed by atoms with Crippen molar-refractivity contribution in [1.82, 2.24) is 0 Å². The van der Waals surface area contributed by atoms with E-state index in [4.69, 9.17) is 9.47 Å². The van der Waals surface area contributed by atoms with Gasteiger partial charge in [-0.2, -0.15) is 0 Å². The standard InChI is InChI=1S/C12H16O3/c1-3-15-12(13)9-11(14-2)10-7-5-4-6-8-10/h4-8,11H,3,9H2,1-2H3. The zero-order valence-electron chi connectivity index (χ0n) is 9.10. The summed E-state index contributed by atoms with van der Waals surface area (Å²) in [4.78, 5) is 11.3. The average Bonchev–Trinajstić information content (AvgIpc) is 2.27. The first-order chi connectivity index (χ1) is 7.27. The Kier molecular flexibility index (Phi) is 4.84. The molecule has 15 heavy (non-hydrogen) atoms. The van der Waals surface area contributed by atoms with Crippen LogP contribution in [-0.4, -0.2) is 19.7 Å². The Bertz CT molecular complexity index is 295. The molecule has 0 fully saturated rings. The highest BCUT2D eigenvalue weighted by atomic mass is 16.5. The second-order valence-corrected chi connectivity index (χ2v) is 3.14. The van der Waals surface area contributed by atoms with Gasteiger partial charge in [0, 0.05) is 7.11 Å². The van der Waals surface area contributed by atoms with E-state index < -0.39 is 0 Å². The lowest BCUT2D eigenvalue weighted by Crippen LogP contribution is -2.11. The minimum absolute atomic E-state index is 0.217. The summed E-state index contributed by atoms with van der Waals surface area (Å²) in [6, 6.07) is 9.65. The quantitative estimate of drug-likeness (QED) is 0.697. The van der Waals surface area contributed by atoms with Crippen LogP contribution in [-0.2, 0) is 14.3 Å². The number of ether oxygens (including phenoxy) is 2. The van der Waals surface area contributed by atoms with Gasteiger partial charge in [-0.05, 0) is 12.5 Å². The number of carbonyl (C=O) groups excluding carboxylic acids is 1. The number of methoxy groups -OCH3 is 1. The van der Waals surface area contributed by atoms with Gasteiger partial charge in [-0.3, -0.25) is 4.79 Å². The molecule has 0 heterocycles. The predicted molar refractivity (Wildman–Crippen MR) is 57.4 cm³/mol. The van der Waals surface area contributed by atoms with Crippen molar-refractivity contribution >= 4 is 5.97 Å². The van der Waals surface area contributed by atoms with Gasteiger partial charge in [0.2, 0.25) is 0 Å². The Morgan fingerprint density at radius 3 is 2.53 bits per heavy atom. The molecular formula is C12H16O3. The van der Waals surface area contributed by atoms with E-state index in [9.17, 15) is 4.79 Å². The van der Waals surface area contributed by atoms with E-state index in [-0.39, 0.29) is 18.5 Å². The Morgan fingerprint density at radius 2 is 2.00 bits per heavy atom. The van der Waals surface area contributed by atoms with Crippen LogP contribution in [0.5, 0.6) is 0 Å². The van der Waals surface area contributed by atoms with Gasteiger partial charge >= 0.3 is 5.97 Å². The Hall–Kier alpha value is -1.35. The first-order valence-electron chi connectivity index (χ1n) is 5.01. The maximum absolute atomic E-state index is 11.3. The molecule has 0 aliphatic rings. The molecule has 0 aliphatic carbocycles. The van der Waals surface area contributed by atoms with Crippen molar-refractivity contribution in [3.8, 4) is 0 Å². The average molecular weight is 208 g/mol. The van der Waals surface area contributed by atoms with Gasteiger partial charge in [0.25, 0.3) is 0 Å². The molecule has 0 saturated heterocycles. The lowest BCUT2D eigenvalue weighted by atomic mass is 10.1. The van der Waals surface area contributed by atoms with Crippen LogP contribution in [0.1, 0.15) is 25.0 Å². The molecule has 1 aromatic rings. The van der Waals surface area contributed by atoms with Gasteiger partial charge in [0.15, 0.2) is 0 Å². The third-order valence-corrected chi connectivity index (χ3v) is 2.11. The Balaban J connectivity index is 2.61. The van der Waals surface area contributed by atoms with Gasteiger partial charge in [-0.15, -0.1) is 0 Å². The predicted octanol–water partition coefficient (Wildman–Crippen LogP) is 2.33. The number of carbonyl (C=O) groups is 1. The topological polar surface area (TPSA) is 35.5 Å². The van der Waals surface area contributed by atoms with Crippen LogP contribution in [0.25, 0.3) is 0 Å². The first kappa shape index (κ1) is 11.7. The summed E-state index contributed by atoms with van der Waals surface area (Å²) in [5.74, 6) is -0.229. The molecule has 0 aliphatic heterocycles. The summed E-state index contributed by atoms with van der Waals surface area (Å²) in [5.41, 5.74) is 0.994. The molecule has 82 valence electrons. The summed E-state index contributed by atoms with van der Waals surface area (Å²) in [6.45, 7) is 2.20. The fourth-order valence-electron chi connectivity index (χ4n) is 1.38. The minimum atomic E-state index is -0.229. The third-order valence-electron chi connectivity index (χ3n) is 2.11. The highest BCUT2D eigenvalue weighted by molar-refractivity contribution is 5.70. The molecular weight excluding hydrogens is 192 g/mol. The van der Waals surface area contributed by atoms with Crippen LogP contribution in [0.3, 0.4) is 0 Å². The summed E-state index contributed by atoms with van der Waals surface area (Å²) < 4.78 is 10.1. The third kappa shape index (κ3) is 3.72. The lowest BCUT2D eigenvalue weighted by molar-refractivity contribution is -0.146. The van der Waals surface area contributed by atoms with Gasteiger partial charge in [0.1, 0.15) is 0 Å². The van der Waals surface area contributed by atoms with Crippen LogP contribution in [0.15, 0.2) is 30.3 Å². The van der Waals surface area contributed by atoms with Crippen LogP contribution >= 0.6 is 0 Å². The summed E-state index contributed by atoms with van der Waals surface area (Å²) in [7, 11) is 1.59. The Labute approximate surface area is 90.0 Å². The summed E-state index contributed by atoms with van der Waals surface area (Å²) in [5, 5.41) is 0. The monoisotopic (exact) mass is 208 g/mol. The van der Waals surface area contributed by atoms with Crippen molar-refractivity contribution in [3.63, 3.8) is 0 Å². The van der Waals surface area contributed by atoms with Crippen molar-refractivity contribution in [2.24, 2.45) is 0 Å². The molecule has 0 spiro atoms. The molecule has 0 aromatic heterocycles. The molecule has 0 saturated carbocycles. The van der Waals surface area contributed by atoms with Crippen LogP contribution in [0, 0.1) is 0 Å². The molecule has 1 unspecified atom stereocenters. The zero-order valence-corrected chi connectivity index (χ0v) is 9.10.